The maximum absolute atomic E-state index is 11.1. The van der Waals surface area contributed by atoms with Gasteiger partial charge in [-0.15, -0.1) is 0 Å². The molecule has 124 valence electrons. The van der Waals surface area contributed by atoms with Crippen LogP contribution in [0.3, 0.4) is 0 Å². The van der Waals surface area contributed by atoms with Crippen LogP contribution in [-0.4, -0.2) is 30.7 Å². The van der Waals surface area contributed by atoms with Crippen molar-refractivity contribution in [3.05, 3.63) is 34.9 Å². The Morgan fingerprint density at radius 2 is 2.17 bits per heavy atom. The van der Waals surface area contributed by atoms with E-state index in [9.17, 15) is 4.79 Å². The van der Waals surface area contributed by atoms with Gasteiger partial charge in [-0.3, -0.25) is 4.79 Å². The largest absolute Gasteiger partial charge is 0.463 e. The smallest absolute Gasteiger partial charge is 0.308 e. The molecule has 3 N–H and O–H groups in total. The summed E-state index contributed by atoms with van der Waals surface area (Å²) in [4.78, 5) is 11.8. The highest BCUT2D eigenvalue weighted by Gasteiger charge is 2.42. The van der Waals surface area contributed by atoms with Crippen molar-refractivity contribution in [2.45, 2.75) is 38.1 Å². The predicted octanol–water partition coefficient (Wildman–Crippen LogP) is 2.39. The summed E-state index contributed by atoms with van der Waals surface area (Å²) < 4.78 is 10.8. The fourth-order valence-electron chi connectivity index (χ4n) is 2.79. The SMILES string of the molecule is CC(=O)OC1CB(OCN)C(C(=S)NCc2ccc(Cl)cc2)C1. The van der Waals surface area contributed by atoms with Crippen molar-refractivity contribution in [2.24, 2.45) is 5.73 Å². The lowest BCUT2D eigenvalue weighted by atomic mass is 9.58. The van der Waals surface area contributed by atoms with Gasteiger partial charge in [0.05, 0.1) is 17.8 Å². The average molecular weight is 355 g/mol. The molecule has 1 aromatic carbocycles. The predicted molar refractivity (Wildman–Crippen MR) is 95.5 cm³/mol. The number of carbonyl (C=O) groups excluding carboxylic acids is 1. The molecule has 2 atom stereocenters. The number of esters is 1. The minimum Gasteiger partial charge on any atom is -0.463 e. The fourth-order valence-corrected chi connectivity index (χ4v) is 3.24. The Morgan fingerprint density at radius 1 is 1.48 bits per heavy atom. The highest BCUT2D eigenvalue weighted by atomic mass is 35.5. The minimum absolute atomic E-state index is 0.00907. The summed E-state index contributed by atoms with van der Waals surface area (Å²) in [6.07, 6.45) is 1.09. The number of rotatable bonds is 6. The van der Waals surface area contributed by atoms with Gasteiger partial charge in [0.1, 0.15) is 0 Å². The lowest BCUT2D eigenvalue weighted by molar-refractivity contribution is -0.145. The van der Waals surface area contributed by atoms with Crippen molar-refractivity contribution >= 4 is 41.7 Å². The summed E-state index contributed by atoms with van der Waals surface area (Å²) in [7, 11) is 0. The van der Waals surface area contributed by atoms with Crippen LogP contribution in [0.1, 0.15) is 18.9 Å². The van der Waals surface area contributed by atoms with Crippen LogP contribution in [0.4, 0.5) is 0 Å². The van der Waals surface area contributed by atoms with Crippen molar-refractivity contribution in [2.75, 3.05) is 6.73 Å². The second-order valence-electron chi connectivity index (χ2n) is 5.53. The molecule has 0 bridgehead atoms. The van der Waals surface area contributed by atoms with Crippen LogP contribution in [-0.2, 0) is 20.7 Å². The molecule has 0 radical (unpaired) electrons. The Kier molecular flexibility index (Phi) is 6.83. The van der Waals surface area contributed by atoms with E-state index in [0.717, 1.165) is 5.56 Å². The number of thiocarbonyl (C=S) groups is 1. The first-order valence-corrected chi connectivity index (χ1v) is 8.29. The fraction of sp³-hybridized carbons (Fsp3) is 0.467. The summed E-state index contributed by atoms with van der Waals surface area (Å²) in [6.45, 7) is 2.01. The van der Waals surface area contributed by atoms with E-state index in [2.05, 4.69) is 5.32 Å². The van der Waals surface area contributed by atoms with Gasteiger partial charge >= 0.3 is 12.9 Å². The Labute approximate surface area is 147 Å². The van der Waals surface area contributed by atoms with E-state index >= 15 is 0 Å². The first kappa shape index (κ1) is 18.2. The van der Waals surface area contributed by atoms with Crippen LogP contribution in [0.25, 0.3) is 0 Å². The van der Waals surface area contributed by atoms with Crippen LogP contribution in [0.15, 0.2) is 24.3 Å². The Morgan fingerprint density at radius 3 is 2.78 bits per heavy atom. The maximum Gasteiger partial charge on any atom is 0.308 e. The van der Waals surface area contributed by atoms with Crippen molar-refractivity contribution in [3.8, 4) is 0 Å². The number of carbonyl (C=O) groups is 1. The van der Waals surface area contributed by atoms with E-state index in [0.29, 0.717) is 29.3 Å². The van der Waals surface area contributed by atoms with E-state index in [4.69, 9.17) is 38.9 Å². The molecule has 8 heteroatoms. The van der Waals surface area contributed by atoms with Gasteiger partial charge in [0, 0.05) is 24.3 Å². The van der Waals surface area contributed by atoms with Crippen LogP contribution >= 0.6 is 23.8 Å². The molecule has 0 spiro atoms. The highest BCUT2D eigenvalue weighted by Crippen LogP contribution is 2.34. The third kappa shape index (κ3) is 5.46. The zero-order valence-electron chi connectivity index (χ0n) is 13.0. The monoisotopic (exact) mass is 354 g/mol. The van der Waals surface area contributed by atoms with Crippen LogP contribution in [0.2, 0.25) is 17.2 Å². The Balaban J connectivity index is 1.92. The van der Waals surface area contributed by atoms with E-state index < -0.39 is 0 Å². The first-order valence-electron chi connectivity index (χ1n) is 7.50. The number of ether oxygens (including phenoxy) is 1. The van der Waals surface area contributed by atoms with E-state index in [1.54, 1.807) is 0 Å². The quantitative estimate of drug-likeness (QED) is 0.354. The molecule has 0 aromatic heterocycles. The lowest BCUT2D eigenvalue weighted by Gasteiger charge is -2.18. The summed E-state index contributed by atoms with van der Waals surface area (Å²) in [6, 6.07) is 7.58. The number of nitrogens with one attached hydrogen (secondary N) is 1. The van der Waals surface area contributed by atoms with Crippen LogP contribution in [0, 0.1) is 0 Å². The van der Waals surface area contributed by atoms with Crippen LogP contribution in [0.5, 0.6) is 0 Å². The molecular weight excluding hydrogens is 335 g/mol. The topological polar surface area (TPSA) is 73.6 Å². The van der Waals surface area contributed by atoms with E-state index in [-0.39, 0.29) is 31.5 Å². The molecule has 2 unspecified atom stereocenters. The third-order valence-electron chi connectivity index (χ3n) is 3.82. The molecule has 0 aliphatic carbocycles. The second kappa shape index (κ2) is 8.64. The normalized spacial score (nSPS) is 20.4. The number of halogens is 1. The van der Waals surface area contributed by atoms with Gasteiger partial charge in [-0.2, -0.15) is 0 Å². The molecule has 1 aliphatic rings. The van der Waals surface area contributed by atoms with E-state index in [1.165, 1.54) is 6.92 Å². The zero-order valence-corrected chi connectivity index (χ0v) is 14.5. The summed E-state index contributed by atoms with van der Waals surface area (Å²) in [5.41, 5.74) is 6.58. The van der Waals surface area contributed by atoms with Crippen LogP contribution < -0.4 is 11.1 Å². The minimum atomic E-state index is -0.290. The third-order valence-corrected chi connectivity index (χ3v) is 4.52. The molecule has 0 amide bonds. The van der Waals surface area contributed by atoms with Gasteiger partial charge in [0.15, 0.2) is 0 Å². The number of benzene rings is 1. The van der Waals surface area contributed by atoms with Gasteiger partial charge in [0.25, 0.3) is 0 Å². The van der Waals surface area contributed by atoms with Gasteiger partial charge in [0.2, 0.25) is 0 Å². The number of nitrogens with two attached hydrogens (primary N) is 1. The molecule has 0 saturated carbocycles. The summed E-state index contributed by atoms with van der Waals surface area (Å²) >= 11 is 11.4. The maximum atomic E-state index is 11.1. The Bertz CT molecular complexity index is 558. The molecular formula is C15H20BClN2O3S. The lowest BCUT2D eigenvalue weighted by Crippen LogP contribution is -2.34. The molecule has 1 fully saturated rings. The molecule has 5 nitrogen and oxygen atoms in total. The molecule has 1 saturated heterocycles. The van der Waals surface area contributed by atoms with Gasteiger partial charge in [-0.1, -0.05) is 36.0 Å². The Hall–Kier alpha value is -1.15. The first-order chi connectivity index (χ1) is 11.0. The van der Waals surface area contributed by atoms with Crippen molar-refractivity contribution in [3.63, 3.8) is 0 Å². The van der Waals surface area contributed by atoms with Gasteiger partial charge in [-0.05, 0) is 30.4 Å². The molecule has 1 aliphatic heterocycles. The molecule has 23 heavy (non-hydrogen) atoms. The highest BCUT2D eigenvalue weighted by molar-refractivity contribution is 7.80. The van der Waals surface area contributed by atoms with Gasteiger partial charge in [-0.25, -0.2) is 0 Å². The average Bonchev–Trinajstić information content (AvgIpc) is 2.88. The number of hydrogen-bond acceptors (Lipinski definition) is 5. The second-order valence-corrected chi connectivity index (χ2v) is 6.40. The molecule has 1 aromatic rings. The van der Waals surface area contributed by atoms with Crippen molar-refractivity contribution in [1.82, 2.24) is 5.32 Å². The summed E-state index contributed by atoms with van der Waals surface area (Å²) in [5.74, 6) is -0.299. The van der Waals surface area contributed by atoms with Crippen molar-refractivity contribution < 1.29 is 14.2 Å². The molecule has 1 heterocycles. The van der Waals surface area contributed by atoms with Gasteiger partial charge < -0.3 is 20.4 Å². The summed E-state index contributed by atoms with van der Waals surface area (Å²) in [5, 5.41) is 3.95. The van der Waals surface area contributed by atoms with E-state index in [1.807, 2.05) is 24.3 Å². The number of hydrogen-bond donors (Lipinski definition) is 2. The standard InChI is InChI=1S/C15H20BClN2O3S/c1-10(20)22-13-6-14(16(7-13)21-9-18)15(23)19-8-11-2-4-12(17)5-3-11/h2-5,13-14H,6-9,18H2,1H3,(H,19,23). The molecule has 2 rings (SSSR count). The van der Waals surface area contributed by atoms with Crippen molar-refractivity contribution in [1.29, 1.82) is 0 Å². The zero-order chi connectivity index (χ0) is 16.8.